The van der Waals surface area contributed by atoms with Crippen molar-refractivity contribution in [2.24, 2.45) is 7.05 Å². The van der Waals surface area contributed by atoms with Crippen molar-refractivity contribution in [2.75, 3.05) is 13.2 Å². The van der Waals surface area contributed by atoms with Crippen LogP contribution in [0, 0.1) is 5.82 Å². The number of carbonyl (C=O) groups is 1. The fourth-order valence-electron chi connectivity index (χ4n) is 6.83. The molecule has 0 N–H and O–H groups in total. The number of benzene rings is 3. The SMILES string of the molecule is CCOC(=O)c1c(CCCOc2cccc3cc(F)ccc23)c2ccc(Cl)c3c2n1CCCCCCc1nn(C)c(CC)c1-3. The van der Waals surface area contributed by atoms with Gasteiger partial charge in [-0.2, -0.15) is 5.10 Å². The van der Waals surface area contributed by atoms with Crippen LogP contribution < -0.4 is 4.74 Å². The number of fused-ring (bicyclic) bond motifs is 3. The Hall–Kier alpha value is -3.84. The van der Waals surface area contributed by atoms with E-state index in [0.29, 0.717) is 43.3 Å². The zero-order valence-electron chi connectivity index (χ0n) is 25.7. The van der Waals surface area contributed by atoms with Crippen LogP contribution in [0.4, 0.5) is 4.39 Å². The number of esters is 1. The molecule has 0 saturated heterocycles. The van der Waals surface area contributed by atoms with Crippen LogP contribution in [0.5, 0.6) is 5.75 Å². The van der Waals surface area contributed by atoms with Crippen molar-refractivity contribution in [3.63, 3.8) is 0 Å². The predicted molar refractivity (Wildman–Crippen MR) is 174 cm³/mol. The Morgan fingerprint density at radius 1 is 1.02 bits per heavy atom. The van der Waals surface area contributed by atoms with Crippen LogP contribution in [0.25, 0.3) is 32.8 Å². The van der Waals surface area contributed by atoms with E-state index in [2.05, 4.69) is 17.6 Å². The van der Waals surface area contributed by atoms with Gasteiger partial charge in [-0.15, -0.1) is 0 Å². The molecule has 0 saturated carbocycles. The van der Waals surface area contributed by atoms with Gasteiger partial charge in [-0.1, -0.05) is 49.6 Å². The molecule has 2 aromatic heterocycles. The van der Waals surface area contributed by atoms with E-state index in [0.717, 1.165) is 94.0 Å². The summed E-state index contributed by atoms with van der Waals surface area (Å²) in [5, 5.41) is 8.31. The number of aryl methyl sites for hydroxylation is 4. The molecule has 0 fully saturated rings. The van der Waals surface area contributed by atoms with E-state index in [9.17, 15) is 9.18 Å². The molecule has 3 heterocycles. The van der Waals surface area contributed by atoms with Crippen LogP contribution in [-0.2, 0) is 37.6 Å². The fraction of sp³-hybridized carbons (Fsp3) is 0.389. The highest BCUT2D eigenvalue weighted by atomic mass is 35.5. The summed E-state index contributed by atoms with van der Waals surface area (Å²) in [6.45, 7) is 5.44. The molecule has 44 heavy (non-hydrogen) atoms. The summed E-state index contributed by atoms with van der Waals surface area (Å²) in [5.41, 5.74) is 6.82. The van der Waals surface area contributed by atoms with Crippen LogP contribution in [0.1, 0.15) is 73.4 Å². The number of rotatable bonds is 8. The second kappa shape index (κ2) is 13.0. The van der Waals surface area contributed by atoms with E-state index in [4.69, 9.17) is 26.2 Å². The van der Waals surface area contributed by atoms with Crippen molar-refractivity contribution in [3.05, 3.63) is 82.0 Å². The maximum Gasteiger partial charge on any atom is 0.355 e. The quantitative estimate of drug-likeness (QED) is 0.129. The molecular weight excluding hydrogens is 577 g/mol. The van der Waals surface area contributed by atoms with Crippen molar-refractivity contribution in [1.82, 2.24) is 14.3 Å². The van der Waals surface area contributed by atoms with Gasteiger partial charge in [-0.05, 0) is 86.7 Å². The highest BCUT2D eigenvalue weighted by Crippen LogP contribution is 2.43. The van der Waals surface area contributed by atoms with E-state index in [1.165, 1.54) is 12.1 Å². The van der Waals surface area contributed by atoms with Gasteiger partial charge in [0.15, 0.2) is 0 Å². The molecule has 1 aliphatic rings. The lowest BCUT2D eigenvalue weighted by Gasteiger charge is -2.15. The van der Waals surface area contributed by atoms with Gasteiger partial charge >= 0.3 is 5.97 Å². The summed E-state index contributed by atoms with van der Waals surface area (Å²) in [5.74, 6) is 0.137. The largest absolute Gasteiger partial charge is 0.493 e. The summed E-state index contributed by atoms with van der Waals surface area (Å²) >= 11 is 7.08. The van der Waals surface area contributed by atoms with E-state index in [1.807, 2.05) is 42.9 Å². The van der Waals surface area contributed by atoms with Gasteiger partial charge in [0.25, 0.3) is 0 Å². The molecule has 0 unspecified atom stereocenters. The predicted octanol–water partition coefficient (Wildman–Crippen LogP) is 8.85. The third kappa shape index (κ3) is 5.58. The molecule has 0 amide bonds. The number of hydrogen-bond acceptors (Lipinski definition) is 4. The van der Waals surface area contributed by atoms with Crippen LogP contribution in [0.2, 0.25) is 5.02 Å². The number of hydrogen-bond donors (Lipinski definition) is 0. The van der Waals surface area contributed by atoms with Gasteiger partial charge in [0.2, 0.25) is 0 Å². The first kappa shape index (κ1) is 30.2. The highest BCUT2D eigenvalue weighted by Gasteiger charge is 2.29. The maximum absolute atomic E-state index is 13.8. The zero-order chi connectivity index (χ0) is 30.8. The van der Waals surface area contributed by atoms with Gasteiger partial charge < -0.3 is 14.0 Å². The third-order valence-corrected chi connectivity index (χ3v) is 9.06. The smallest absolute Gasteiger partial charge is 0.355 e. The number of carbonyl (C=O) groups excluding carboxylic acids is 1. The lowest BCUT2D eigenvalue weighted by molar-refractivity contribution is 0.0512. The minimum Gasteiger partial charge on any atom is -0.493 e. The molecule has 0 spiro atoms. The topological polar surface area (TPSA) is 58.3 Å². The first-order chi connectivity index (χ1) is 21.4. The van der Waals surface area contributed by atoms with Crippen LogP contribution >= 0.6 is 11.6 Å². The first-order valence-corrected chi connectivity index (χ1v) is 16.2. The molecular formula is C36H39ClFN3O3. The Kier molecular flexibility index (Phi) is 8.94. The zero-order valence-corrected chi connectivity index (χ0v) is 26.5. The monoisotopic (exact) mass is 615 g/mol. The van der Waals surface area contributed by atoms with E-state index in [1.54, 1.807) is 6.07 Å². The van der Waals surface area contributed by atoms with Crippen molar-refractivity contribution < 1.29 is 18.7 Å². The van der Waals surface area contributed by atoms with E-state index >= 15 is 0 Å². The molecule has 0 atom stereocenters. The second-order valence-corrected chi connectivity index (χ2v) is 11.9. The summed E-state index contributed by atoms with van der Waals surface area (Å²) in [6, 6.07) is 14.4. The van der Waals surface area contributed by atoms with Gasteiger partial charge in [-0.3, -0.25) is 4.68 Å². The van der Waals surface area contributed by atoms with E-state index in [-0.39, 0.29) is 11.8 Å². The van der Waals surface area contributed by atoms with Crippen LogP contribution in [0.15, 0.2) is 48.5 Å². The van der Waals surface area contributed by atoms with Gasteiger partial charge in [0.1, 0.15) is 17.3 Å². The summed E-state index contributed by atoms with van der Waals surface area (Å²) in [4.78, 5) is 13.7. The molecule has 8 heteroatoms. The second-order valence-electron chi connectivity index (χ2n) is 11.5. The minimum atomic E-state index is -0.310. The lowest BCUT2D eigenvalue weighted by Crippen LogP contribution is -2.15. The molecule has 0 radical (unpaired) electrons. The molecule has 230 valence electrons. The third-order valence-electron chi connectivity index (χ3n) is 8.75. The molecule has 3 aromatic carbocycles. The van der Waals surface area contributed by atoms with Gasteiger partial charge in [0.05, 0.1) is 29.4 Å². The molecule has 6 rings (SSSR count). The Bertz CT molecular complexity index is 1840. The minimum absolute atomic E-state index is 0.271. The standard InChI is InChI=1S/C36H39ClFN3O3/c1-4-30-33-29(39-40(30)3)14-8-6-7-9-20-41-34-27(18-19-28(37)32(33)34)26(35(41)36(42)43-5-2)13-11-21-44-31-15-10-12-23-22-24(38)16-17-25(23)31/h10,12,15-19,22H,4-9,11,13-14,20-21H2,1-3H3. The van der Waals surface area contributed by atoms with Crippen LogP contribution in [0.3, 0.4) is 0 Å². The molecule has 0 bridgehead atoms. The van der Waals surface area contributed by atoms with Crippen molar-refractivity contribution in [1.29, 1.82) is 0 Å². The highest BCUT2D eigenvalue weighted by molar-refractivity contribution is 6.35. The Balaban J connectivity index is 1.45. The van der Waals surface area contributed by atoms with E-state index < -0.39 is 0 Å². The summed E-state index contributed by atoms with van der Waals surface area (Å²) < 4.78 is 29.8. The van der Waals surface area contributed by atoms with Gasteiger partial charge in [-0.25, -0.2) is 9.18 Å². The number of ether oxygens (including phenoxy) is 2. The fourth-order valence-corrected chi connectivity index (χ4v) is 7.07. The first-order valence-electron chi connectivity index (χ1n) is 15.8. The lowest BCUT2D eigenvalue weighted by atomic mass is 9.95. The number of halogens is 2. The van der Waals surface area contributed by atoms with Crippen molar-refractivity contribution >= 4 is 39.2 Å². The number of nitrogens with zero attached hydrogens (tertiary/aromatic N) is 3. The maximum atomic E-state index is 13.8. The van der Waals surface area contributed by atoms with Crippen molar-refractivity contribution in [2.45, 2.75) is 71.8 Å². The average molecular weight is 616 g/mol. The summed E-state index contributed by atoms with van der Waals surface area (Å²) in [6.07, 6.45) is 7.21. The normalized spacial score (nSPS) is 13.6. The molecule has 6 nitrogen and oxygen atoms in total. The molecule has 5 aromatic rings. The molecule has 1 aliphatic heterocycles. The van der Waals surface area contributed by atoms with Crippen molar-refractivity contribution in [3.8, 4) is 16.9 Å². The van der Waals surface area contributed by atoms with Gasteiger partial charge in [0, 0.05) is 41.2 Å². The Morgan fingerprint density at radius 2 is 1.84 bits per heavy atom. The molecule has 0 aliphatic carbocycles. The Labute approximate surface area is 262 Å². The Morgan fingerprint density at radius 3 is 2.66 bits per heavy atom. The van der Waals surface area contributed by atoms with Crippen LogP contribution in [-0.4, -0.2) is 33.5 Å². The summed E-state index contributed by atoms with van der Waals surface area (Å²) in [7, 11) is 2.01. The average Bonchev–Trinajstić information content (AvgIpc) is 3.48. The number of aromatic nitrogens is 3.